The standard InChI is InChI=1S/C23H19N3O/c1-16(20-12-7-8-14-24-20)25-23(27)19-15-22(17-9-3-2-4-10-17)26-21-13-6-5-11-18(19)21/h2-16H,1H3,(H,25,27). The second-order valence-corrected chi connectivity index (χ2v) is 6.39. The highest BCUT2D eigenvalue weighted by Crippen LogP contribution is 2.25. The van der Waals surface area contributed by atoms with Crippen molar-refractivity contribution in [2.45, 2.75) is 13.0 Å². The van der Waals surface area contributed by atoms with E-state index in [0.29, 0.717) is 5.56 Å². The topological polar surface area (TPSA) is 54.9 Å². The van der Waals surface area contributed by atoms with Gasteiger partial charge in [0.1, 0.15) is 0 Å². The van der Waals surface area contributed by atoms with E-state index in [2.05, 4.69) is 10.3 Å². The third-order valence-electron chi connectivity index (χ3n) is 4.51. The van der Waals surface area contributed by atoms with E-state index in [9.17, 15) is 4.79 Å². The summed E-state index contributed by atoms with van der Waals surface area (Å²) in [6.07, 6.45) is 1.73. The van der Waals surface area contributed by atoms with Gasteiger partial charge in [-0.15, -0.1) is 0 Å². The lowest BCUT2D eigenvalue weighted by molar-refractivity contribution is 0.0941. The maximum absolute atomic E-state index is 13.1. The van der Waals surface area contributed by atoms with E-state index >= 15 is 0 Å². The fraction of sp³-hybridized carbons (Fsp3) is 0.0870. The summed E-state index contributed by atoms with van der Waals surface area (Å²) in [7, 11) is 0. The molecule has 0 radical (unpaired) electrons. The maximum Gasteiger partial charge on any atom is 0.252 e. The largest absolute Gasteiger partial charge is 0.344 e. The number of hydrogen-bond acceptors (Lipinski definition) is 3. The Bertz CT molecular complexity index is 1080. The van der Waals surface area contributed by atoms with Gasteiger partial charge in [0.25, 0.3) is 5.91 Å². The average molecular weight is 353 g/mol. The Morgan fingerprint density at radius 3 is 2.44 bits per heavy atom. The second-order valence-electron chi connectivity index (χ2n) is 6.39. The number of rotatable bonds is 4. The van der Waals surface area contributed by atoms with Crippen LogP contribution in [0.15, 0.2) is 85.1 Å². The molecule has 27 heavy (non-hydrogen) atoms. The summed E-state index contributed by atoms with van der Waals surface area (Å²) in [5.41, 5.74) is 4.00. The molecule has 1 N–H and O–H groups in total. The van der Waals surface area contributed by atoms with Crippen LogP contribution in [-0.4, -0.2) is 15.9 Å². The molecule has 0 aliphatic rings. The zero-order chi connectivity index (χ0) is 18.6. The zero-order valence-electron chi connectivity index (χ0n) is 15.0. The molecule has 0 fully saturated rings. The quantitative estimate of drug-likeness (QED) is 0.574. The highest BCUT2D eigenvalue weighted by Gasteiger charge is 2.17. The predicted molar refractivity (Wildman–Crippen MR) is 107 cm³/mol. The zero-order valence-corrected chi connectivity index (χ0v) is 15.0. The molecule has 4 heteroatoms. The van der Waals surface area contributed by atoms with Gasteiger partial charge in [-0.2, -0.15) is 0 Å². The van der Waals surface area contributed by atoms with E-state index in [1.165, 1.54) is 0 Å². The molecule has 1 unspecified atom stereocenters. The Hall–Kier alpha value is -3.53. The molecule has 0 aliphatic carbocycles. The van der Waals surface area contributed by atoms with Crippen molar-refractivity contribution >= 4 is 16.8 Å². The molecule has 2 aromatic carbocycles. The van der Waals surface area contributed by atoms with Crippen LogP contribution in [-0.2, 0) is 0 Å². The van der Waals surface area contributed by atoms with Gasteiger partial charge in [0.05, 0.1) is 28.5 Å². The summed E-state index contributed by atoms with van der Waals surface area (Å²) in [6, 6.07) is 25.0. The fourth-order valence-electron chi connectivity index (χ4n) is 3.10. The van der Waals surface area contributed by atoms with Crippen LogP contribution in [0.3, 0.4) is 0 Å². The molecule has 132 valence electrons. The highest BCUT2D eigenvalue weighted by molar-refractivity contribution is 6.07. The van der Waals surface area contributed by atoms with E-state index in [1.54, 1.807) is 6.20 Å². The van der Waals surface area contributed by atoms with Gasteiger partial charge < -0.3 is 5.32 Å². The number of carbonyl (C=O) groups is 1. The summed E-state index contributed by atoms with van der Waals surface area (Å²) in [6.45, 7) is 1.93. The van der Waals surface area contributed by atoms with Crippen molar-refractivity contribution in [3.8, 4) is 11.3 Å². The number of benzene rings is 2. The number of carbonyl (C=O) groups excluding carboxylic acids is 1. The summed E-state index contributed by atoms with van der Waals surface area (Å²) in [4.78, 5) is 22.1. The summed E-state index contributed by atoms with van der Waals surface area (Å²) >= 11 is 0. The average Bonchev–Trinajstić information content (AvgIpc) is 2.74. The van der Waals surface area contributed by atoms with Crippen LogP contribution in [0.25, 0.3) is 22.2 Å². The molecule has 2 aromatic heterocycles. The smallest absolute Gasteiger partial charge is 0.252 e. The van der Waals surface area contributed by atoms with E-state index < -0.39 is 0 Å². The van der Waals surface area contributed by atoms with Crippen molar-refractivity contribution < 1.29 is 4.79 Å². The van der Waals surface area contributed by atoms with Crippen LogP contribution in [0.4, 0.5) is 0 Å². The van der Waals surface area contributed by atoms with Crippen LogP contribution in [0, 0.1) is 0 Å². The predicted octanol–water partition coefficient (Wildman–Crippen LogP) is 4.79. The van der Waals surface area contributed by atoms with E-state index in [4.69, 9.17) is 4.98 Å². The summed E-state index contributed by atoms with van der Waals surface area (Å²) in [5.74, 6) is -0.135. The van der Waals surface area contributed by atoms with Gasteiger partial charge in [-0.05, 0) is 31.2 Å². The van der Waals surface area contributed by atoms with Gasteiger partial charge >= 0.3 is 0 Å². The van der Waals surface area contributed by atoms with Crippen molar-refractivity contribution in [3.05, 3.63) is 96.3 Å². The number of nitrogens with one attached hydrogen (secondary N) is 1. The SMILES string of the molecule is CC(NC(=O)c1cc(-c2ccccc2)nc2ccccc12)c1ccccn1. The minimum atomic E-state index is -0.189. The Balaban J connectivity index is 1.74. The van der Waals surface area contributed by atoms with Crippen LogP contribution in [0.2, 0.25) is 0 Å². The minimum Gasteiger partial charge on any atom is -0.344 e. The molecule has 0 saturated carbocycles. The lowest BCUT2D eigenvalue weighted by atomic mass is 10.0. The molecular formula is C23H19N3O. The number of fused-ring (bicyclic) bond motifs is 1. The van der Waals surface area contributed by atoms with Gasteiger partial charge in [0.2, 0.25) is 0 Å². The maximum atomic E-state index is 13.1. The van der Waals surface area contributed by atoms with Gasteiger partial charge in [-0.1, -0.05) is 54.6 Å². The van der Waals surface area contributed by atoms with Gasteiger partial charge in [0.15, 0.2) is 0 Å². The Morgan fingerprint density at radius 2 is 1.67 bits per heavy atom. The number of aromatic nitrogens is 2. The number of hydrogen-bond donors (Lipinski definition) is 1. The first-order valence-electron chi connectivity index (χ1n) is 8.89. The lowest BCUT2D eigenvalue weighted by Crippen LogP contribution is -2.27. The lowest BCUT2D eigenvalue weighted by Gasteiger charge is -2.15. The first kappa shape index (κ1) is 16.9. The molecule has 4 nitrogen and oxygen atoms in total. The fourth-order valence-corrected chi connectivity index (χ4v) is 3.10. The van der Waals surface area contributed by atoms with Crippen molar-refractivity contribution in [1.82, 2.24) is 15.3 Å². The molecule has 2 heterocycles. The van der Waals surface area contributed by atoms with Crippen LogP contribution < -0.4 is 5.32 Å². The van der Waals surface area contributed by atoms with Crippen molar-refractivity contribution in [3.63, 3.8) is 0 Å². The van der Waals surface area contributed by atoms with Crippen LogP contribution in [0.5, 0.6) is 0 Å². The Kier molecular flexibility index (Phi) is 4.62. The second kappa shape index (κ2) is 7.38. The highest BCUT2D eigenvalue weighted by atomic mass is 16.1. The number of amides is 1. The Labute approximate surface area is 157 Å². The van der Waals surface area contributed by atoms with Gasteiger partial charge in [0, 0.05) is 17.1 Å². The number of para-hydroxylation sites is 1. The third kappa shape index (κ3) is 3.55. The summed E-state index contributed by atoms with van der Waals surface area (Å²) in [5, 5.41) is 3.89. The molecular weight excluding hydrogens is 334 g/mol. The van der Waals surface area contributed by atoms with Crippen molar-refractivity contribution in [2.75, 3.05) is 0 Å². The Morgan fingerprint density at radius 1 is 0.926 bits per heavy atom. The third-order valence-corrected chi connectivity index (χ3v) is 4.51. The molecule has 4 aromatic rings. The molecule has 1 atom stereocenters. The minimum absolute atomic E-state index is 0.135. The molecule has 0 aliphatic heterocycles. The van der Waals surface area contributed by atoms with Gasteiger partial charge in [-0.3, -0.25) is 9.78 Å². The van der Waals surface area contributed by atoms with E-state index in [-0.39, 0.29) is 11.9 Å². The van der Waals surface area contributed by atoms with Gasteiger partial charge in [-0.25, -0.2) is 4.98 Å². The summed E-state index contributed by atoms with van der Waals surface area (Å²) < 4.78 is 0. The molecule has 0 saturated heterocycles. The molecule has 4 rings (SSSR count). The van der Waals surface area contributed by atoms with Crippen LogP contribution in [0.1, 0.15) is 29.0 Å². The van der Waals surface area contributed by atoms with E-state index in [1.807, 2.05) is 85.8 Å². The molecule has 0 bridgehead atoms. The number of pyridine rings is 2. The van der Waals surface area contributed by atoms with Crippen LogP contribution >= 0.6 is 0 Å². The van der Waals surface area contributed by atoms with E-state index in [0.717, 1.165) is 27.9 Å². The number of nitrogens with zero attached hydrogens (tertiary/aromatic N) is 2. The van der Waals surface area contributed by atoms with Crippen molar-refractivity contribution in [1.29, 1.82) is 0 Å². The first-order valence-corrected chi connectivity index (χ1v) is 8.89. The first-order chi connectivity index (χ1) is 13.2. The molecule has 1 amide bonds. The van der Waals surface area contributed by atoms with Crippen molar-refractivity contribution in [2.24, 2.45) is 0 Å². The normalized spacial score (nSPS) is 11.9. The molecule has 0 spiro atoms. The monoisotopic (exact) mass is 353 g/mol.